The summed E-state index contributed by atoms with van der Waals surface area (Å²) < 4.78 is 10.6. The van der Waals surface area contributed by atoms with Gasteiger partial charge in [-0.15, -0.1) is 0 Å². The van der Waals surface area contributed by atoms with E-state index in [1.165, 1.54) is 30.2 Å². The third-order valence-corrected chi connectivity index (χ3v) is 5.18. The van der Waals surface area contributed by atoms with E-state index in [1.54, 1.807) is 25.1 Å². The molecule has 0 bridgehead atoms. The van der Waals surface area contributed by atoms with Gasteiger partial charge in [-0.05, 0) is 37.1 Å². The van der Waals surface area contributed by atoms with Gasteiger partial charge in [-0.1, -0.05) is 37.1 Å². The molecule has 0 saturated carbocycles. The van der Waals surface area contributed by atoms with E-state index in [0.29, 0.717) is 11.6 Å². The lowest BCUT2D eigenvalue weighted by Gasteiger charge is -2.28. The maximum absolute atomic E-state index is 13.1. The summed E-state index contributed by atoms with van der Waals surface area (Å²) in [5, 5.41) is 14.4. The normalized spacial score (nSPS) is 11.4. The summed E-state index contributed by atoms with van der Waals surface area (Å²) in [6, 6.07) is 10.3. The zero-order valence-corrected chi connectivity index (χ0v) is 19.6. The highest BCUT2D eigenvalue weighted by atomic mass is 35.5. The molecule has 0 saturated heterocycles. The molecule has 0 aliphatic carbocycles. The number of carbonyl (C=O) groups is 2. The number of nitro groups is 1. The Hall–Kier alpha value is -3.33. The van der Waals surface area contributed by atoms with Gasteiger partial charge in [0.05, 0.1) is 12.0 Å². The lowest BCUT2D eigenvalue weighted by Crippen LogP contribution is -2.49. The summed E-state index contributed by atoms with van der Waals surface area (Å²) >= 11 is 6.07. The summed E-state index contributed by atoms with van der Waals surface area (Å²) in [5.74, 6) is -0.445. The molecule has 2 aromatic rings. The van der Waals surface area contributed by atoms with Gasteiger partial charge in [0.2, 0.25) is 11.7 Å². The molecule has 0 aromatic heterocycles. The minimum absolute atomic E-state index is 0.0180. The van der Waals surface area contributed by atoms with Gasteiger partial charge < -0.3 is 19.7 Å². The Bertz CT molecular complexity index is 984. The third-order valence-electron chi connectivity index (χ3n) is 4.95. The van der Waals surface area contributed by atoms with Crippen LogP contribution in [0.25, 0.3) is 0 Å². The summed E-state index contributed by atoms with van der Waals surface area (Å²) in [6.45, 7) is 3.99. The number of halogens is 1. The van der Waals surface area contributed by atoms with Gasteiger partial charge in [0.25, 0.3) is 5.91 Å². The van der Waals surface area contributed by atoms with Gasteiger partial charge in [-0.25, -0.2) is 0 Å². The standard InChI is InChI=1S/C23H28ClN3O6/c1-4-5-11-25-23(29)16(2)26(14-17-7-6-8-18(24)12-17)22(28)15-33-19-9-10-20(27(30)31)21(13-19)32-3/h6-10,12-13,16H,4-5,11,14-15H2,1-3H3,(H,25,29)/t16-/m0/s1. The molecule has 33 heavy (non-hydrogen) atoms. The summed E-state index contributed by atoms with van der Waals surface area (Å²) in [5.41, 5.74) is 0.553. The number of nitrogens with zero attached hydrogens (tertiary/aromatic N) is 2. The van der Waals surface area contributed by atoms with Crippen LogP contribution in [-0.2, 0) is 16.1 Å². The molecule has 0 spiro atoms. The zero-order chi connectivity index (χ0) is 24.4. The Morgan fingerprint density at radius 1 is 1.24 bits per heavy atom. The molecular weight excluding hydrogens is 450 g/mol. The van der Waals surface area contributed by atoms with E-state index < -0.39 is 16.9 Å². The van der Waals surface area contributed by atoms with E-state index in [2.05, 4.69) is 5.32 Å². The first-order chi connectivity index (χ1) is 15.8. The number of nitro benzene ring substituents is 1. The number of carbonyl (C=O) groups excluding carboxylic acids is 2. The lowest BCUT2D eigenvalue weighted by molar-refractivity contribution is -0.385. The quantitative estimate of drug-likeness (QED) is 0.281. The van der Waals surface area contributed by atoms with Crippen molar-refractivity contribution >= 4 is 29.1 Å². The van der Waals surface area contributed by atoms with Gasteiger partial charge >= 0.3 is 5.69 Å². The molecule has 0 fully saturated rings. The molecule has 0 heterocycles. The molecular formula is C23H28ClN3O6. The minimum Gasteiger partial charge on any atom is -0.490 e. The number of benzene rings is 2. The van der Waals surface area contributed by atoms with Crippen LogP contribution in [0.2, 0.25) is 5.02 Å². The van der Waals surface area contributed by atoms with Crippen LogP contribution < -0.4 is 14.8 Å². The molecule has 0 radical (unpaired) electrons. The Morgan fingerprint density at radius 2 is 2.00 bits per heavy atom. The van der Waals surface area contributed by atoms with Crippen LogP contribution in [0.5, 0.6) is 11.5 Å². The first-order valence-corrected chi connectivity index (χ1v) is 10.9. The van der Waals surface area contributed by atoms with Crippen molar-refractivity contribution in [3.63, 3.8) is 0 Å². The highest BCUT2D eigenvalue weighted by Crippen LogP contribution is 2.30. The molecule has 2 aromatic carbocycles. The molecule has 0 unspecified atom stereocenters. The Labute approximate surface area is 197 Å². The van der Waals surface area contributed by atoms with E-state index >= 15 is 0 Å². The topological polar surface area (TPSA) is 111 Å². The third kappa shape index (κ3) is 7.64. The molecule has 1 N–H and O–H groups in total. The van der Waals surface area contributed by atoms with Crippen molar-refractivity contribution in [3.05, 3.63) is 63.2 Å². The Kier molecular flexibility index (Phi) is 9.93. The summed E-state index contributed by atoms with van der Waals surface area (Å²) in [6.07, 6.45) is 1.78. The van der Waals surface area contributed by atoms with Gasteiger partial charge in [-0.2, -0.15) is 0 Å². The van der Waals surface area contributed by atoms with Crippen LogP contribution >= 0.6 is 11.6 Å². The van der Waals surface area contributed by atoms with Crippen molar-refractivity contribution in [1.82, 2.24) is 10.2 Å². The van der Waals surface area contributed by atoms with Crippen molar-refractivity contribution in [2.24, 2.45) is 0 Å². The van der Waals surface area contributed by atoms with Gasteiger partial charge in [0, 0.05) is 30.2 Å². The summed E-state index contributed by atoms with van der Waals surface area (Å²) in [4.78, 5) is 37.6. The average Bonchev–Trinajstić information content (AvgIpc) is 2.80. The smallest absolute Gasteiger partial charge is 0.311 e. The fourth-order valence-corrected chi connectivity index (χ4v) is 3.29. The van der Waals surface area contributed by atoms with E-state index in [9.17, 15) is 19.7 Å². The highest BCUT2D eigenvalue weighted by molar-refractivity contribution is 6.30. The van der Waals surface area contributed by atoms with Crippen LogP contribution in [0.15, 0.2) is 42.5 Å². The number of ether oxygens (including phenoxy) is 2. The van der Waals surface area contributed by atoms with E-state index in [4.69, 9.17) is 21.1 Å². The van der Waals surface area contributed by atoms with Gasteiger partial charge in [0.1, 0.15) is 11.8 Å². The van der Waals surface area contributed by atoms with E-state index in [1.807, 2.05) is 13.0 Å². The molecule has 10 heteroatoms. The number of nitrogens with one attached hydrogen (secondary N) is 1. The van der Waals surface area contributed by atoms with Crippen LogP contribution in [0.4, 0.5) is 5.69 Å². The maximum atomic E-state index is 13.1. The number of hydrogen-bond donors (Lipinski definition) is 1. The van der Waals surface area contributed by atoms with Gasteiger partial charge in [0.15, 0.2) is 6.61 Å². The maximum Gasteiger partial charge on any atom is 0.311 e. The predicted octanol–water partition coefficient (Wildman–Crippen LogP) is 3.97. The lowest BCUT2D eigenvalue weighted by atomic mass is 10.1. The zero-order valence-electron chi connectivity index (χ0n) is 18.9. The fraction of sp³-hybridized carbons (Fsp3) is 0.391. The second kappa shape index (κ2) is 12.6. The van der Waals surface area contributed by atoms with Crippen molar-refractivity contribution in [1.29, 1.82) is 0 Å². The molecule has 0 aliphatic rings. The number of amides is 2. The number of methoxy groups -OCH3 is 1. The van der Waals surface area contributed by atoms with Crippen LogP contribution in [0.3, 0.4) is 0 Å². The Balaban J connectivity index is 2.16. The van der Waals surface area contributed by atoms with Crippen LogP contribution in [0.1, 0.15) is 32.3 Å². The molecule has 9 nitrogen and oxygen atoms in total. The van der Waals surface area contributed by atoms with Gasteiger partial charge in [-0.3, -0.25) is 19.7 Å². The first-order valence-electron chi connectivity index (χ1n) is 10.5. The van der Waals surface area contributed by atoms with Crippen molar-refractivity contribution in [2.75, 3.05) is 20.3 Å². The molecule has 0 aliphatic heterocycles. The first kappa shape index (κ1) is 25.9. The predicted molar refractivity (Wildman–Crippen MR) is 125 cm³/mol. The molecule has 2 rings (SSSR count). The molecule has 1 atom stereocenters. The van der Waals surface area contributed by atoms with Crippen molar-refractivity contribution in [3.8, 4) is 11.5 Å². The molecule has 2 amide bonds. The average molecular weight is 478 g/mol. The van der Waals surface area contributed by atoms with Crippen LogP contribution in [0, 0.1) is 10.1 Å². The minimum atomic E-state index is -0.747. The van der Waals surface area contributed by atoms with E-state index in [0.717, 1.165) is 18.4 Å². The molecule has 178 valence electrons. The highest BCUT2D eigenvalue weighted by Gasteiger charge is 2.26. The largest absolute Gasteiger partial charge is 0.490 e. The second-order valence-corrected chi connectivity index (χ2v) is 7.79. The monoisotopic (exact) mass is 477 g/mol. The summed E-state index contributed by atoms with van der Waals surface area (Å²) in [7, 11) is 1.31. The SMILES string of the molecule is CCCCNC(=O)[C@H](C)N(Cc1cccc(Cl)c1)C(=O)COc1ccc([N+](=O)[O-])c(OC)c1. The van der Waals surface area contributed by atoms with E-state index in [-0.39, 0.29) is 36.2 Å². The Morgan fingerprint density at radius 3 is 2.64 bits per heavy atom. The number of hydrogen-bond acceptors (Lipinski definition) is 6. The number of unbranched alkanes of at least 4 members (excludes halogenated alkanes) is 1. The van der Waals surface area contributed by atoms with Crippen LogP contribution in [-0.4, -0.2) is 47.9 Å². The fourth-order valence-electron chi connectivity index (χ4n) is 3.08. The van der Waals surface area contributed by atoms with Crippen molar-refractivity contribution < 1.29 is 24.0 Å². The van der Waals surface area contributed by atoms with Crippen molar-refractivity contribution in [2.45, 2.75) is 39.3 Å². The second-order valence-electron chi connectivity index (χ2n) is 7.35. The number of rotatable bonds is 12.